The molecule has 0 atom stereocenters. The van der Waals surface area contributed by atoms with Gasteiger partial charge in [-0.1, -0.05) is 36.4 Å². The summed E-state index contributed by atoms with van der Waals surface area (Å²) in [5, 5.41) is 0.654. The van der Waals surface area contributed by atoms with Gasteiger partial charge in [0.05, 0.1) is 18.5 Å². The van der Waals surface area contributed by atoms with Crippen molar-refractivity contribution in [3.8, 4) is 11.1 Å². The number of nitrogens with zero attached hydrogens (tertiary/aromatic N) is 1. The third-order valence-corrected chi connectivity index (χ3v) is 5.76. The predicted molar refractivity (Wildman–Crippen MR) is 89.4 cm³/mol. The van der Waals surface area contributed by atoms with E-state index in [4.69, 9.17) is 9.05 Å². The maximum atomic E-state index is 13.2. The highest BCUT2D eigenvalue weighted by molar-refractivity contribution is 7.62. The summed E-state index contributed by atoms with van der Waals surface area (Å²) in [6.07, 6.45) is 6.07. The second-order valence-corrected chi connectivity index (χ2v) is 7.02. The van der Waals surface area contributed by atoms with Crippen LogP contribution in [0.1, 0.15) is 19.5 Å². The molecule has 22 heavy (non-hydrogen) atoms. The van der Waals surface area contributed by atoms with Gasteiger partial charge in [0.15, 0.2) is 0 Å². The van der Waals surface area contributed by atoms with Crippen molar-refractivity contribution in [3.63, 3.8) is 0 Å². The first-order chi connectivity index (χ1) is 10.7. The van der Waals surface area contributed by atoms with Crippen molar-refractivity contribution in [2.75, 3.05) is 13.2 Å². The summed E-state index contributed by atoms with van der Waals surface area (Å²) in [6, 6.07) is 9.98. The number of fused-ring (bicyclic) bond motifs is 1. The molecular weight excluding hydrogens is 297 g/mol. The Morgan fingerprint density at radius 1 is 1.14 bits per heavy atom. The molecule has 5 heteroatoms. The van der Waals surface area contributed by atoms with Gasteiger partial charge < -0.3 is 13.6 Å². The predicted octanol–water partition coefficient (Wildman–Crippen LogP) is 4.07. The van der Waals surface area contributed by atoms with E-state index in [0.29, 0.717) is 18.5 Å². The lowest BCUT2D eigenvalue weighted by Crippen LogP contribution is -2.12. The van der Waals surface area contributed by atoms with Crippen LogP contribution in [0.25, 0.3) is 17.2 Å². The summed E-state index contributed by atoms with van der Waals surface area (Å²) in [5.41, 5.74) is 3.03. The van der Waals surface area contributed by atoms with Crippen molar-refractivity contribution >= 4 is 19.0 Å². The Kier molecular flexibility index (Phi) is 4.34. The highest BCUT2D eigenvalue weighted by atomic mass is 31.2. The SMILES string of the molecule is CCOP(=O)(OCC)c1cn2c(c1-c1ccccc1)C=CC2. The van der Waals surface area contributed by atoms with Crippen molar-refractivity contribution in [3.05, 3.63) is 48.3 Å². The van der Waals surface area contributed by atoms with Crippen LogP contribution < -0.4 is 5.30 Å². The number of hydrogen-bond acceptors (Lipinski definition) is 3. The molecule has 116 valence electrons. The van der Waals surface area contributed by atoms with E-state index < -0.39 is 7.60 Å². The van der Waals surface area contributed by atoms with Gasteiger partial charge in [-0.05, 0) is 25.5 Å². The van der Waals surface area contributed by atoms with E-state index >= 15 is 0 Å². The molecule has 3 rings (SSSR count). The molecule has 1 aliphatic heterocycles. The first kappa shape index (κ1) is 15.3. The Morgan fingerprint density at radius 3 is 2.45 bits per heavy atom. The van der Waals surface area contributed by atoms with Crippen LogP contribution in [0.2, 0.25) is 0 Å². The van der Waals surface area contributed by atoms with Crippen molar-refractivity contribution < 1.29 is 13.6 Å². The first-order valence-electron chi connectivity index (χ1n) is 7.54. The largest absolute Gasteiger partial charge is 0.363 e. The van der Waals surface area contributed by atoms with Crippen LogP contribution in [0.4, 0.5) is 0 Å². The molecule has 1 aromatic heterocycles. The quantitative estimate of drug-likeness (QED) is 0.754. The molecular formula is C17H20NO3P. The highest BCUT2D eigenvalue weighted by Gasteiger charge is 2.34. The lowest BCUT2D eigenvalue weighted by molar-refractivity contribution is 0.230. The maximum Gasteiger partial charge on any atom is 0.363 e. The molecule has 1 aliphatic rings. The number of hydrogen-bond donors (Lipinski definition) is 0. The lowest BCUT2D eigenvalue weighted by atomic mass is 10.1. The Morgan fingerprint density at radius 2 is 1.82 bits per heavy atom. The second kappa shape index (κ2) is 6.25. The van der Waals surface area contributed by atoms with E-state index in [0.717, 1.165) is 23.4 Å². The summed E-state index contributed by atoms with van der Waals surface area (Å²) in [5.74, 6) is 0. The van der Waals surface area contributed by atoms with Crippen LogP contribution in [-0.4, -0.2) is 17.8 Å². The Balaban J connectivity index is 2.20. The fraction of sp³-hybridized carbons (Fsp3) is 0.294. The van der Waals surface area contributed by atoms with Gasteiger partial charge in [-0.2, -0.15) is 0 Å². The topological polar surface area (TPSA) is 40.5 Å². The Bertz CT molecular complexity index is 724. The third-order valence-electron chi connectivity index (χ3n) is 3.63. The molecule has 0 amide bonds. The zero-order valence-electron chi connectivity index (χ0n) is 12.9. The Hall–Kier alpha value is -1.61. The van der Waals surface area contributed by atoms with Gasteiger partial charge in [0, 0.05) is 24.0 Å². The molecule has 0 unspecified atom stereocenters. The molecule has 2 heterocycles. The minimum Gasteiger partial charge on any atom is -0.343 e. The molecule has 2 aromatic rings. The Labute approximate surface area is 130 Å². The average molecular weight is 317 g/mol. The summed E-state index contributed by atoms with van der Waals surface area (Å²) >= 11 is 0. The van der Waals surface area contributed by atoms with Gasteiger partial charge in [0.2, 0.25) is 0 Å². The monoisotopic (exact) mass is 317 g/mol. The highest BCUT2D eigenvalue weighted by Crippen LogP contribution is 2.50. The third kappa shape index (κ3) is 2.58. The van der Waals surface area contributed by atoms with Crippen LogP contribution in [0.5, 0.6) is 0 Å². The van der Waals surface area contributed by atoms with Gasteiger partial charge in [-0.15, -0.1) is 0 Å². The first-order valence-corrected chi connectivity index (χ1v) is 9.08. The molecule has 0 bridgehead atoms. The lowest BCUT2D eigenvalue weighted by Gasteiger charge is -2.18. The molecule has 0 fully saturated rings. The number of rotatable bonds is 6. The molecule has 0 N–H and O–H groups in total. The van der Waals surface area contributed by atoms with E-state index in [1.54, 1.807) is 0 Å². The molecule has 0 aliphatic carbocycles. The summed E-state index contributed by atoms with van der Waals surface area (Å²) < 4.78 is 26.4. The molecule has 0 radical (unpaired) electrons. The molecule has 4 nitrogen and oxygen atoms in total. The van der Waals surface area contributed by atoms with Crippen molar-refractivity contribution in [1.29, 1.82) is 0 Å². The van der Waals surface area contributed by atoms with Crippen molar-refractivity contribution in [2.24, 2.45) is 0 Å². The minimum absolute atomic E-state index is 0.349. The van der Waals surface area contributed by atoms with Crippen LogP contribution in [0.15, 0.2) is 42.6 Å². The fourth-order valence-electron chi connectivity index (χ4n) is 2.79. The van der Waals surface area contributed by atoms with Crippen LogP contribution >= 0.6 is 7.60 Å². The van der Waals surface area contributed by atoms with Crippen LogP contribution in [0.3, 0.4) is 0 Å². The van der Waals surface area contributed by atoms with Crippen molar-refractivity contribution in [1.82, 2.24) is 4.57 Å². The standard InChI is InChI=1S/C17H20NO3P/c1-3-20-22(19,21-4-2)16-13-18-12-8-11-15(18)17(16)14-9-6-5-7-10-14/h5-11,13H,3-4,12H2,1-2H3. The van der Waals surface area contributed by atoms with Crippen LogP contribution in [-0.2, 0) is 20.2 Å². The number of benzene rings is 1. The summed E-state index contributed by atoms with van der Waals surface area (Å²) in [6.45, 7) is 5.15. The van der Waals surface area contributed by atoms with E-state index in [-0.39, 0.29) is 0 Å². The zero-order valence-corrected chi connectivity index (χ0v) is 13.8. The average Bonchev–Trinajstić information content (AvgIpc) is 3.09. The normalized spacial score (nSPS) is 13.5. The fourth-order valence-corrected chi connectivity index (χ4v) is 4.62. The maximum absolute atomic E-state index is 13.2. The smallest absolute Gasteiger partial charge is 0.343 e. The number of allylic oxidation sites excluding steroid dienone is 1. The van der Waals surface area contributed by atoms with Crippen molar-refractivity contribution in [2.45, 2.75) is 20.4 Å². The van der Waals surface area contributed by atoms with E-state index in [9.17, 15) is 4.57 Å². The van der Waals surface area contributed by atoms with E-state index in [1.807, 2.05) is 50.4 Å². The molecule has 0 saturated carbocycles. The molecule has 0 saturated heterocycles. The van der Waals surface area contributed by atoms with E-state index in [2.05, 4.69) is 16.7 Å². The zero-order chi connectivity index (χ0) is 15.6. The van der Waals surface area contributed by atoms with Gasteiger partial charge in [-0.25, -0.2) is 0 Å². The molecule has 1 aromatic carbocycles. The number of aromatic nitrogens is 1. The van der Waals surface area contributed by atoms with Gasteiger partial charge in [0.25, 0.3) is 0 Å². The molecule has 0 spiro atoms. The van der Waals surface area contributed by atoms with Gasteiger partial charge in [0.1, 0.15) is 0 Å². The summed E-state index contributed by atoms with van der Waals surface area (Å²) in [4.78, 5) is 0. The minimum atomic E-state index is -3.31. The van der Waals surface area contributed by atoms with Gasteiger partial charge in [-0.3, -0.25) is 4.57 Å². The van der Waals surface area contributed by atoms with E-state index in [1.165, 1.54) is 0 Å². The summed E-state index contributed by atoms with van der Waals surface area (Å²) in [7, 11) is -3.31. The van der Waals surface area contributed by atoms with Gasteiger partial charge >= 0.3 is 7.60 Å². The van der Waals surface area contributed by atoms with Crippen LogP contribution in [0, 0.1) is 0 Å². The second-order valence-electron chi connectivity index (χ2n) is 5.03.